The number of rotatable bonds is 5. The maximum absolute atomic E-state index is 10.9. The third kappa shape index (κ3) is 5.09. The summed E-state index contributed by atoms with van der Waals surface area (Å²) < 4.78 is 0. The Labute approximate surface area is 80.6 Å². The number of hydrogen-bond acceptors (Lipinski definition) is 4. The predicted molar refractivity (Wildman–Crippen MR) is 46.8 cm³/mol. The fourth-order valence-corrected chi connectivity index (χ4v) is 0.558. The molecule has 5 N–H and O–H groups in total. The first kappa shape index (κ1) is 12.4. The number of nitrogens with one attached hydrogen (secondary N) is 2. The van der Waals surface area contributed by atoms with Gasteiger partial charge in [0, 0.05) is 0 Å². The largest absolute Gasteiger partial charge is 0.479 e. The molecule has 0 atom stereocenters. The summed E-state index contributed by atoms with van der Waals surface area (Å²) in [5.41, 5.74) is 4.96. The standard InChI is InChI=1S/C7H12N3O4/c1-4(7(13)14)10-6(12)3-9-5(11)2-8/h2-3,8H2,1H3,(H,9,11)(H,10,12)(H,13,14). The molecule has 0 aliphatic heterocycles. The van der Waals surface area contributed by atoms with E-state index in [0.29, 0.717) is 0 Å². The summed E-state index contributed by atoms with van der Waals surface area (Å²) in [6.45, 7) is 0.737. The van der Waals surface area contributed by atoms with Crippen LogP contribution in [0.4, 0.5) is 0 Å². The van der Waals surface area contributed by atoms with Crippen LogP contribution in [0.1, 0.15) is 6.92 Å². The Bertz CT molecular complexity index is 241. The van der Waals surface area contributed by atoms with Crippen molar-refractivity contribution in [3.05, 3.63) is 6.04 Å². The summed E-state index contributed by atoms with van der Waals surface area (Å²) in [7, 11) is 0. The van der Waals surface area contributed by atoms with Crippen molar-refractivity contribution in [2.45, 2.75) is 6.92 Å². The van der Waals surface area contributed by atoms with E-state index in [1.165, 1.54) is 6.92 Å². The quantitative estimate of drug-likeness (QED) is 0.403. The van der Waals surface area contributed by atoms with E-state index in [1.54, 1.807) is 0 Å². The van der Waals surface area contributed by atoms with Crippen LogP contribution in [0.15, 0.2) is 0 Å². The maximum Gasteiger partial charge on any atom is 0.332 e. The molecule has 0 unspecified atom stereocenters. The average Bonchev–Trinajstić information content (AvgIpc) is 2.13. The van der Waals surface area contributed by atoms with Crippen molar-refractivity contribution in [2.75, 3.05) is 13.1 Å². The van der Waals surface area contributed by atoms with Gasteiger partial charge >= 0.3 is 5.97 Å². The number of carboxylic acids is 1. The summed E-state index contributed by atoms with van der Waals surface area (Å²) in [4.78, 5) is 31.8. The van der Waals surface area contributed by atoms with Gasteiger partial charge in [0.05, 0.1) is 13.1 Å². The van der Waals surface area contributed by atoms with E-state index in [0.717, 1.165) is 0 Å². The first-order valence-corrected chi connectivity index (χ1v) is 3.80. The van der Waals surface area contributed by atoms with E-state index in [4.69, 9.17) is 10.8 Å². The second kappa shape index (κ2) is 5.92. The van der Waals surface area contributed by atoms with E-state index in [1.807, 2.05) is 0 Å². The van der Waals surface area contributed by atoms with Gasteiger partial charge in [-0.25, -0.2) is 4.79 Å². The van der Waals surface area contributed by atoms with Gasteiger partial charge in [0.1, 0.15) is 0 Å². The van der Waals surface area contributed by atoms with Gasteiger partial charge in [-0.3, -0.25) is 9.59 Å². The molecule has 0 rings (SSSR count). The zero-order valence-corrected chi connectivity index (χ0v) is 7.66. The Morgan fingerprint density at radius 3 is 2.29 bits per heavy atom. The lowest BCUT2D eigenvalue weighted by Crippen LogP contribution is -2.41. The minimum Gasteiger partial charge on any atom is -0.479 e. The molecule has 0 aromatic carbocycles. The SMILES string of the molecule is C[C](NC(=O)CNC(=O)CN)C(=O)O. The van der Waals surface area contributed by atoms with Crippen molar-refractivity contribution >= 4 is 17.8 Å². The van der Waals surface area contributed by atoms with Gasteiger partial charge in [0.2, 0.25) is 11.8 Å². The van der Waals surface area contributed by atoms with Crippen molar-refractivity contribution < 1.29 is 19.5 Å². The molecule has 0 saturated heterocycles. The highest BCUT2D eigenvalue weighted by molar-refractivity contribution is 5.91. The van der Waals surface area contributed by atoms with Crippen molar-refractivity contribution in [1.29, 1.82) is 0 Å². The van der Waals surface area contributed by atoms with Crippen LogP contribution < -0.4 is 16.4 Å². The first-order chi connectivity index (χ1) is 6.47. The van der Waals surface area contributed by atoms with Crippen molar-refractivity contribution in [1.82, 2.24) is 10.6 Å². The van der Waals surface area contributed by atoms with Crippen LogP contribution in [0.5, 0.6) is 0 Å². The number of carboxylic acid groups (broad SMARTS) is 1. The Balaban J connectivity index is 3.76. The molecule has 0 aromatic rings. The molecule has 0 aromatic heterocycles. The van der Waals surface area contributed by atoms with Gasteiger partial charge in [0.25, 0.3) is 0 Å². The molecule has 0 aliphatic rings. The second-order valence-electron chi connectivity index (χ2n) is 2.46. The molecule has 0 saturated carbocycles. The second-order valence-corrected chi connectivity index (χ2v) is 2.46. The lowest BCUT2D eigenvalue weighted by atomic mass is 10.3. The molecule has 0 fully saturated rings. The summed E-state index contributed by atoms with van der Waals surface area (Å²) in [5.74, 6) is -2.30. The van der Waals surface area contributed by atoms with Gasteiger partial charge in [0.15, 0.2) is 6.04 Å². The van der Waals surface area contributed by atoms with E-state index in [-0.39, 0.29) is 19.1 Å². The third-order valence-electron chi connectivity index (χ3n) is 1.28. The molecule has 1 radical (unpaired) electrons. The zero-order valence-electron chi connectivity index (χ0n) is 7.66. The number of amides is 2. The van der Waals surface area contributed by atoms with Gasteiger partial charge < -0.3 is 21.5 Å². The van der Waals surface area contributed by atoms with Crippen molar-refractivity contribution in [2.24, 2.45) is 5.73 Å². The van der Waals surface area contributed by atoms with Crippen molar-refractivity contribution in [3.8, 4) is 0 Å². The minimum absolute atomic E-state index is 0.197. The Kier molecular flexibility index (Phi) is 5.23. The first-order valence-electron chi connectivity index (χ1n) is 3.80. The van der Waals surface area contributed by atoms with E-state index < -0.39 is 17.8 Å². The van der Waals surface area contributed by atoms with Gasteiger partial charge in [-0.1, -0.05) is 0 Å². The minimum atomic E-state index is -1.22. The third-order valence-corrected chi connectivity index (χ3v) is 1.28. The van der Waals surface area contributed by atoms with Crippen LogP contribution >= 0.6 is 0 Å². The summed E-state index contributed by atoms with van der Waals surface area (Å²) >= 11 is 0. The normalized spacial score (nSPS) is 9.64. The fraction of sp³-hybridized carbons (Fsp3) is 0.429. The van der Waals surface area contributed by atoms with Gasteiger partial charge in [-0.05, 0) is 6.92 Å². The molecule has 0 bridgehead atoms. The summed E-state index contributed by atoms with van der Waals surface area (Å²) in [6.07, 6.45) is 0. The van der Waals surface area contributed by atoms with Crippen LogP contribution in [-0.2, 0) is 14.4 Å². The molecular formula is C7H12N3O4. The average molecular weight is 202 g/mol. The van der Waals surface area contributed by atoms with E-state index in [2.05, 4.69) is 10.6 Å². The molecule has 7 nitrogen and oxygen atoms in total. The highest BCUT2D eigenvalue weighted by Crippen LogP contribution is 1.89. The molecular weight excluding hydrogens is 190 g/mol. The fourth-order valence-electron chi connectivity index (χ4n) is 0.558. The number of carbonyl (C=O) groups is 3. The molecule has 0 aliphatic carbocycles. The smallest absolute Gasteiger partial charge is 0.332 e. The Morgan fingerprint density at radius 1 is 1.29 bits per heavy atom. The predicted octanol–water partition coefficient (Wildman–Crippen LogP) is -2.19. The molecule has 0 heterocycles. The van der Waals surface area contributed by atoms with Gasteiger partial charge in [-0.2, -0.15) is 0 Å². The molecule has 7 heteroatoms. The molecule has 0 spiro atoms. The molecule has 14 heavy (non-hydrogen) atoms. The van der Waals surface area contributed by atoms with Crippen LogP contribution in [-0.4, -0.2) is 36.0 Å². The molecule has 79 valence electrons. The monoisotopic (exact) mass is 202 g/mol. The summed E-state index contributed by atoms with van der Waals surface area (Å²) in [5, 5.41) is 12.7. The molecule has 2 amide bonds. The Morgan fingerprint density at radius 2 is 1.86 bits per heavy atom. The van der Waals surface area contributed by atoms with Crippen LogP contribution in [0.25, 0.3) is 0 Å². The number of nitrogens with two attached hydrogens (primary N) is 1. The number of hydrogen-bond donors (Lipinski definition) is 4. The highest BCUT2D eigenvalue weighted by Gasteiger charge is 2.15. The lowest BCUT2D eigenvalue weighted by Gasteiger charge is -2.08. The number of aliphatic carboxylic acids is 1. The van der Waals surface area contributed by atoms with E-state index >= 15 is 0 Å². The van der Waals surface area contributed by atoms with Crippen LogP contribution in [0, 0.1) is 6.04 Å². The highest BCUT2D eigenvalue weighted by atomic mass is 16.4. The van der Waals surface area contributed by atoms with Crippen LogP contribution in [0.2, 0.25) is 0 Å². The van der Waals surface area contributed by atoms with E-state index in [9.17, 15) is 14.4 Å². The maximum atomic E-state index is 10.9. The Hall–Kier alpha value is -1.63. The topological polar surface area (TPSA) is 122 Å². The van der Waals surface area contributed by atoms with Crippen molar-refractivity contribution in [3.63, 3.8) is 0 Å². The zero-order chi connectivity index (χ0) is 11.1. The lowest BCUT2D eigenvalue weighted by molar-refractivity contribution is -0.137. The summed E-state index contributed by atoms with van der Waals surface area (Å²) in [6, 6.07) is -0.197. The van der Waals surface area contributed by atoms with Crippen LogP contribution in [0.3, 0.4) is 0 Å². The number of carbonyl (C=O) groups excluding carboxylic acids is 2. The van der Waals surface area contributed by atoms with Gasteiger partial charge in [-0.15, -0.1) is 0 Å².